The Labute approximate surface area is 119 Å². The molecule has 3 nitrogen and oxygen atoms in total. The second-order valence-corrected chi connectivity index (χ2v) is 6.07. The number of nitrogens with two attached hydrogens (primary N) is 1. The third kappa shape index (κ3) is 4.25. The van der Waals surface area contributed by atoms with E-state index in [1.54, 1.807) is 11.8 Å². The van der Waals surface area contributed by atoms with Gasteiger partial charge in [0.05, 0.1) is 0 Å². The zero-order chi connectivity index (χ0) is 13.7. The van der Waals surface area contributed by atoms with Crippen molar-refractivity contribution in [2.75, 3.05) is 6.26 Å². The van der Waals surface area contributed by atoms with Crippen LogP contribution in [0.4, 0.5) is 0 Å². The molecule has 0 radical (unpaired) electrons. The number of hydrogen-bond acceptors (Lipinski definition) is 3. The zero-order valence-corrected chi connectivity index (χ0v) is 12.2. The monoisotopic (exact) mass is 278 g/mol. The summed E-state index contributed by atoms with van der Waals surface area (Å²) in [5, 5.41) is 3.03. The number of amides is 1. The van der Waals surface area contributed by atoms with E-state index in [-0.39, 0.29) is 17.9 Å². The van der Waals surface area contributed by atoms with Crippen molar-refractivity contribution in [1.29, 1.82) is 0 Å². The van der Waals surface area contributed by atoms with Gasteiger partial charge in [-0.1, -0.05) is 18.6 Å². The topological polar surface area (TPSA) is 55.1 Å². The Bertz CT molecular complexity index is 419. The first kappa shape index (κ1) is 14.4. The lowest BCUT2D eigenvalue weighted by Gasteiger charge is -2.25. The van der Waals surface area contributed by atoms with Gasteiger partial charge in [0, 0.05) is 23.4 Å². The third-order valence-corrected chi connectivity index (χ3v) is 4.45. The number of carbonyl (C=O) groups excluding carboxylic acids is 1. The fraction of sp³-hybridized carbons (Fsp3) is 0.533. The summed E-state index contributed by atoms with van der Waals surface area (Å²) in [7, 11) is 0. The molecule has 104 valence electrons. The number of rotatable bonds is 4. The van der Waals surface area contributed by atoms with Crippen molar-refractivity contribution in [2.24, 2.45) is 11.7 Å². The van der Waals surface area contributed by atoms with Gasteiger partial charge in [0.15, 0.2) is 0 Å². The summed E-state index contributed by atoms with van der Waals surface area (Å²) in [6.45, 7) is 0.610. The van der Waals surface area contributed by atoms with Crippen LogP contribution in [-0.4, -0.2) is 18.2 Å². The average molecular weight is 278 g/mol. The highest BCUT2D eigenvalue weighted by Crippen LogP contribution is 2.23. The van der Waals surface area contributed by atoms with Crippen LogP contribution in [0.3, 0.4) is 0 Å². The van der Waals surface area contributed by atoms with Crippen molar-refractivity contribution in [2.45, 2.75) is 43.2 Å². The Kier molecular flexibility index (Phi) is 5.28. The maximum atomic E-state index is 12.1. The SMILES string of the molecule is CSc1ccc(CNC(=O)C2CCCC(N)C2)cc1. The molecule has 0 aliphatic heterocycles. The lowest BCUT2D eigenvalue weighted by Crippen LogP contribution is -2.37. The number of benzene rings is 1. The summed E-state index contributed by atoms with van der Waals surface area (Å²) in [4.78, 5) is 13.3. The van der Waals surface area contributed by atoms with Crippen molar-refractivity contribution in [3.05, 3.63) is 29.8 Å². The van der Waals surface area contributed by atoms with E-state index in [1.165, 1.54) is 4.90 Å². The van der Waals surface area contributed by atoms with Crippen LogP contribution in [0.25, 0.3) is 0 Å². The second kappa shape index (κ2) is 6.96. The Hall–Kier alpha value is -1.00. The Morgan fingerprint density at radius 3 is 2.74 bits per heavy atom. The van der Waals surface area contributed by atoms with Crippen LogP contribution in [0.15, 0.2) is 29.2 Å². The first-order valence-corrected chi connectivity index (χ1v) is 8.07. The molecular weight excluding hydrogens is 256 g/mol. The maximum Gasteiger partial charge on any atom is 0.223 e. The van der Waals surface area contributed by atoms with Crippen LogP contribution >= 0.6 is 11.8 Å². The number of hydrogen-bond donors (Lipinski definition) is 2. The van der Waals surface area contributed by atoms with Gasteiger partial charge in [-0.15, -0.1) is 11.8 Å². The van der Waals surface area contributed by atoms with E-state index in [0.717, 1.165) is 31.2 Å². The van der Waals surface area contributed by atoms with E-state index in [1.807, 2.05) is 0 Å². The van der Waals surface area contributed by atoms with Crippen molar-refractivity contribution < 1.29 is 4.79 Å². The van der Waals surface area contributed by atoms with E-state index in [2.05, 4.69) is 35.8 Å². The highest BCUT2D eigenvalue weighted by molar-refractivity contribution is 7.98. The summed E-state index contributed by atoms with van der Waals surface area (Å²) < 4.78 is 0. The molecule has 1 aromatic rings. The Balaban J connectivity index is 1.82. The van der Waals surface area contributed by atoms with Crippen LogP contribution < -0.4 is 11.1 Å². The Morgan fingerprint density at radius 1 is 1.37 bits per heavy atom. The van der Waals surface area contributed by atoms with E-state index in [4.69, 9.17) is 5.73 Å². The molecule has 0 saturated heterocycles. The molecule has 0 bridgehead atoms. The van der Waals surface area contributed by atoms with E-state index < -0.39 is 0 Å². The first-order valence-electron chi connectivity index (χ1n) is 6.85. The standard InChI is InChI=1S/C15H22N2OS/c1-19-14-7-5-11(6-8-14)10-17-15(18)12-3-2-4-13(16)9-12/h5-8,12-13H,2-4,9-10,16H2,1H3,(H,17,18). The van der Waals surface area contributed by atoms with Gasteiger partial charge in [-0.25, -0.2) is 0 Å². The van der Waals surface area contributed by atoms with Crippen LogP contribution in [-0.2, 0) is 11.3 Å². The molecule has 0 spiro atoms. The summed E-state index contributed by atoms with van der Waals surface area (Å²) in [5.41, 5.74) is 7.06. The van der Waals surface area contributed by atoms with Gasteiger partial charge >= 0.3 is 0 Å². The van der Waals surface area contributed by atoms with Crippen molar-refractivity contribution in [1.82, 2.24) is 5.32 Å². The molecule has 1 aliphatic rings. The van der Waals surface area contributed by atoms with Gasteiger partial charge in [-0.05, 0) is 43.2 Å². The van der Waals surface area contributed by atoms with Crippen LogP contribution in [0.2, 0.25) is 0 Å². The van der Waals surface area contributed by atoms with Gasteiger partial charge < -0.3 is 11.1 Å². The third-order valence-electron chi connectivity index (χ3n) is 3.71. The van der Waals surface area contributed by atoms with Gasteiger partial charge in [-0.3, -0.25) is 4.79 Å². The molecule has 4 heteroatoms. The molecule has 1 saturated carbocycles. The molecule has 1 aliphatic carbocycles. The number of carbonyl (C=O) groups is 1. The van der Waals surface area contributed by atoms with Crippen LogP contribution in [0.1, 0.15) is 31.2 Å². The molecule has 1 aromatic carbocycles. The van der Waals surface area contributed by atoms with E-state index in [0.29, 0.717) is 6.54 Å². The molecule has 0 heterocycles. The summed E-state index contributed by atoms with van der Waals surface area (Å²) >= 11 is 1.72. The van der Waals surface area contributed by atoms with Crippen molar-refractivity contribution in [3.8, 4) is 0 Å². The first-order chi connectivity index (χ1) is 9.19. The van der Waals surface area contributed by atoms with Crippen molar-refractivity contribution in [3.63, 3.8) is 0 Å². The lowest BCUT2D eigenvalue weighted by molar-refractivity contribution is -0.126. The van der Waals surface area contributed by atoms with Gasteiger partial charge in [0.1, 0.15) is 0 Å². The van der Waals surface area contributed by atoms with E-state index >= 15 is 0 Å². The molecule has 0 aromatic heterocycles. The summed E-state index contributed by atoms with van der Waals surface area (Å²) in [5.74, 6) is 0.262. The number of nitrogens with one attached hydrogen (secondary N) is 1. The largest absolute Gasteiger partial charge is 0.352 e. The molecule has 1 fully saturated rings. The van der Waals surface area contributed by atoms with Crippen molar-refractivity contribution >= 4 is 17.7 Å². The summed E-state index contributed by atoms with van der Waals surface area (Å²) in [6.07, 6.45) is 5.99. The second-order valence-electron chi connectivity index (χ2n) is 5.19. The normalized spacial score (nSPS) is 23.1. The maximum absolute atomic E-state index is 12.1. The van der Waals surface area contributed by atoms with E-state index in [9.17, 15) is 4.79 Å². The predicted octanol–water partition coefficient (Wildman–Crippen LogP) is 2.54. The molecule has 2 rings (SSSR count). The van der Waals surface area contributed by atoms with Gasteiger partial charge in [0.25, 0.3) is 0 Å². The number of thioether (sulfide) groups is 1. The predicted molar refractivity (Wildman–Crippen MR) is 80.0 cm³/mol. The fourth-order valence-electron chi connectivity index (χ4n) is 2.54. The average Bonchev–Trinajstić information content (AvgIpc) is 2.45. The molecular formula is C15H22N2OS. The smallest absolute Gasteiger partial charge is 0.223 e. The molecule has 2 atom stereocenters. The molecule has 19 heavy (non-hydrogen) atoms. The fourth-order valence-corrected chi connectivity index (χ4v) is 2.95. The lowest BCUT2D eigenvalue weighted by atomic mass is 9.85. The molecule has 3 N–H and O–H groups in total. The van der Waals surface area contributed by atoms with Gasteiger partial charge in [-0.2, -0.15) is 0 Å². The minimum absolute atomic E-state index is 0.106. The highest BCUT2D eigenvalue weighted by atomic mass is 32.2. The van der Waals surface area contributed by atoms with Crippen LogP contribution in [0.5, 0.6) is 0 Å². The Morgan fingerprint density at radius 2 is 2.11 bits per heavy atom. The van der Waals surface area contributed by atoms with Crippen LogP contribution in [0, 0.1) is 5.92 Å². The molecule has 2 unspecified atom stereocenters. The zero-order valence-electron chi connectivity index (χ0n) is 11.4. The molecule has 1 amide bonds. The van der Waals surface area contributed by atoms with Gasteiger partial charge in [0.2, 0.25) is 5.91 Å². The quantitative estimate of drug-likeness (QED) is 0.832. The minimum atomic E-state index is 0.106. The minimum Gasteiger partial charge on any atom is -0.352 e. The summed E-state index contributed by atoms with van der Waals surface area (Å²) in [6, 6.07) is 8.51. The highest BCUT2D eigenvalue weighted by Gasteiger charge is 2.24.